The normalized spacial score (nSPS) is 19.1. The van der Waals surface area contributed by atoms with E-state index in [1.54, 1.807) is 0 Å². The van der Waals surface area contributed by atoms with Gasteiger partial charge in [0.25, 0.3) is 5.91 Å². The van der Waals surface area contributed by atoms with Crippen molar-refractivity contribution in [1.82, 2.24) is 10.2 Å². The summed E-state index contributed by atoms with van der Waals surface area (Å²) in [4.78, 5) is 29.8. The second-order valence-corrected chi connectivity index (χ2v) is 9.71. The molecule has 1 aliphatic carbocycles. The molecule has 0 aromatic heterocycles. The summed E-state index contributed by atoms with van der Waals surface area (Å²) in [5.41, 5.74) is 1.47. The highest BCUT2D eigenvalue weighted by atomic mass is 16.2. The fourth-order valence-electron chi connectivity index (χ4n) is 4.42. The Balaban J connectivity index is 1.65. The van der Waals surface area contributed by atoms with Gasteiger partial charge in [0, 0.05) is 43.3 Å². The second kappa shape index (κ2) is 9.19. The summed E-state index contributed by atoms with van der Waals surface area (Å²) in [6.07, 6.45) is 7.77. The van der Waals surface area contributed by atoms with Crippen molar-refractivity contribution >= 4 is 17.5 Å². The van der Waals surface area contributed by atoms with Crippen LogP contribution in [0.1, 0.15) is 76.1 Å². The molecule has 0 atom stereocenters. The quantitative estimate of drug-likeness (QED) is 0.825. The Labute approximate surface area is 175 Å². The van der Waals surface area contributed by atoms with Crippen LogP contribution in [0.4, 0.5) is 5.69 Å². The number of anilines is 1. The number of piperidine rings is 1. The molecule has 1 aromatic carbocycles. The van der Waals surface area contributed by atoms with E-state index >= 15 is 0 Å². The molecule has 1 saturated heterocycles. The van der Waals surface area contributed by atoms with Gasteiger partial charge in [-0.25, -0.2) is 0 Å². The largest absolute Gasteiger partial charge is 0.371 e. The number of carbonyl (C=O) groups excluding carboxylic acids is 2. The number of nitrogens with zero attached hydrogens (tertiary/aromatic N) is 2. The highest BCUT2D eigenvalue weighted by molar-refractivity contribution is 6.00. The standard InChI is InChI=1S/C24H37N3O2/c1-24(2,3)23(29)25-18-14-16-27(17-15-18)21-13-9-8-12-20(21)22(28)26(4)19-10-6-5-7-11-19/h8-9,12-13,18-19H,5-7,10-11,14-17H2,1-4H3,(H,25,29). The number of amides is 2. The van der Waals surface area contributed by atoms with Crippen LogP contribution in [0.3, 0.4) is 0 Å². The minimum Gasteiger partial charge on any atom is -0.371 e. The third-order valence-electron chi connectivity index (χ3n) is 6.43. The van der Waals surface area contributed by atoms with Crippen molar-refractivity contribution in [2.45, 2.75) is 77.8 Å². The average Bonchev–Trinajstić information content (AvgIpc) is 2.73. The van der Waals surface area contributed by atoms with Gasteiger partial charge in [-0.1, -0.05) is 52.2 Å². The van der Waals surface area contributed by atoms with Crippen molar-refractivity contribution in [1.29, 1.82) is 0 Å². The summed E-state index contributed by atoms with van der Waals surface area (Å²) in [5.74, 6) is 0.247. The van der Waals surface area contributed by atoms with Crippen LogP contribution in [-0.4, -0.2) is 48.9 Å². The van der Waals surface area contributed by atoms with Gasteiger partial charge in [-0.05, 0) is 37.8 Å². The predicted molar refractivity (Wildman–Crippen MR) is 118 cm³/mol. The van der Waals surface area contributed by atoms with Gasteiger partial charge in [0.05, 0.1) is 5.56 Å². The van der Waals surface area contributed by atoms with Crippen LogP contribution >= 0.6 is 0 Å². The summed E-state index contributed by atoms with van der Waals surface area (Å²) >= 11 is 0. The third-order valence-corrected chi connectivity index (χ3v) is 6.43. The van der Waals surface area contributed by atoms with Gasteiger partial charge in [-0.15, -0.1) is 0 Å². The molecule has 2 fully saturated rings. The number of benzene rings is 1. The lowest BCUT2D eigenvalue weighted by atomic mass is 9.93. The van der Waals surface area contributed by atoms with Crippen molar-refractivity contribution in [2.75, 3.05) is 25.0 Å². The molecule has 0 spiro atoms. The molecular formula is C24H37N3O2. The Hall–Kier alpha value is -2.04. The third kappa shape index (κ3) is 5.31. The Morgan fingerprint density at radius 2 is 1.62 bits per heavy atom. The molecule has 5 nitrogen and oxygen atoms in total. The summed E-state index contributed by atoms with van der Waals surface area (Å²) in [6.45, 7) is 7.55. The van der Waals surface area contributed by atoms with Crippen molar-refractivity contribution in [3.63, 3.8) is 0 Å². The minimum absolute atomic E-state index is 0.112. The van der Waals surface area contributed by atoms with Gasteiger partial charge < -0.3 is 15.1 Å². The zero-order valence-corrected chi connectivity index (χ0v) is 18.5. The van der Waals surface area contributed by atoms with Crippen LogP contribution in [0.5, 0.6) is 0 Å². The summed E-state index contributed by atoms with van der Waals surface area (Å²) in [6, 6.07) is 8.58. The van der Waals surface area contributed by atoms with Crippen LogP contribution in [0.15, 0.2) is 24.3 Å². The van der Waals surface area contributed by atoms with Crippen LogP contribution in [0.25, 0.3) is 0 Å². The Morgan fingerprint density at radius 3 is 2.24 bits per heavy atom. The molecular weight excluding hydrogens is 362 g/mol. The first-order valence-corrected chi connectivity index (χ1v) is 11.2. The molecule has 29 heavy (non-hydrogen) atoms. The van der Waals surface area contributed by atoms with E-state index in [-0.39, 0.29) is 23.3 Å². The van der Waals surface area contributed by atoms with Crippen LogP contribution < -0.4 is 10.2 Å². The van der Waals surface area contributed by atoms with Crippen molar-refractivity contribution < 1.29 is 9.59 Å². The Morgan fingerprint density at radius 1 is 1.00 bits per heavy atom. The van der Waals surface area contributed by atoms with E-state index in [9.17, 15) is 9.59 Å². The number of rotatable bonds is 4. The van der Waals surface area contributed by atoms with E-state index in [1.807, 2.05) is 50.9 Å². The molecule has 2 aliphatic rings. The molecule has 0 radical (unpaired) electrons. The molecule has 5 heteroatoms. The molecule has 0 unspecified atom stereocenters. The number of hydrogen-bond donors (Lipinski definition) is 1. The maximum atomic E-state index is 13.3. The average molecular weight is 400 g/mol. The highest BCUT2D eigenvalue weighted by Gasteiger charge is 2.29. The number of para-hydroxylation sites is 1. The summed E-state index contributed by atoms with van der Waals surface area (Å²) in [5, 5.41) is 3.19. The molecule has 2 amide bonds. The minimum atomic E-state index is -0.361. The molecule has 1 aliphatic heterocycles. The lowest BCUT2D eigenvalue weighted by Gasteiger charge is -2.37. The summed E-state index contributed by atoms with van der Waals surface area (Å²) < 4.78 is 0. The molecule has 1 saturated carbocycles. The lowest BCUT2D eigenvalue weighted by molar-refractivity contribution is -0.129. The van der Waals surface area contributed by atoms with E-state index < -0.39 is 0 Å². The molecule has 1 aromatic rings. The first kappa shape index (κ1) is 21.7. The number of hydrogen-bond acceptors (Lipinski definition) is 3. The summed E-state index contributed by atoms with van der Waals surface area (Å²) in [7, 11) is 1.96. The van der Waals surface area contributed by atoms with E-state index in [4.69, 9.17) is 0 Å². The fraction of sp³-hybridized carbons (Fsp3) is 0.667. The van der Waals surface area contributed by atoms with Crippen molar-refractivity contribution in [2.24, 2.45) is 5.41 Å². The first-order chi connectivity index (χ1) is 13.8. The molecule has 1 N–H and O–H groups in total. The molecule has 3 rings (SSSR count). The molecule has 0 bridgehead atoms. The topological polar surface area (TPSA) is 52.7 Å². The second-order valence-electron chi connectivity index (χ2n) is 9.71. The highest BCUT2D eigenvalue weighted by Crippen LogP contribution is 2.28. The van der Waals surface area contributed by atoms with Crippen LogP contribution in [-0.2, 0) is 4.79 Å². The molecule has 1 heterocycles. The Kier molecular flexibility index (Phi) is 6.86. The van der Waals surface area contributed by atoms with Crippen LogP contribution in [0.2, 0.25) is 0 Å². The predicted octanol–water partition coefficient (Wildman–Crippen LogP) is 4.22. The van der Waals surface area contributed by atoms with Gasteiger partial charge in [-0.3, -0.25) is 9.59 Å². The number of carbonyl (C=O) groups is 2. The first-order valence-electron chi connectivity index (χ1n) is 11.2. The van der Waals surface area contributed by atoms with Crippen LogP contribution in [0, 0.1) is 5.41 Å². The lowest BCUT2D eigenvalue weighted by Crippen LogP contribution is -2.48. The zero-order valence-electron chi connectivity index (χ0n) is 18.5. The van der Waals surface area contributed by atoms with E-state index in [0.29, 0.717) is 6.04 Å². The van der Waals surface area contributed by atoms with Gasteiger partial charge in [-0.2, -0.15) is 0 Å². The fourth-order valence-corrected chi connectivity index (χ4v) is 4.42. The maximum absolute atomic E-state index is 13.3. The van der Waals surface area contributed by atoms with E-state index in [1.165, 1.54) is 19.3 Å². The Bertz CT molecular complexity index is 711. The van der Waals surface area contributed by atoms with Gasteiger partial charge in [0.15, 0.2) is 0 Å². The zero-order chi connectivity index (χ0) is 21.0. The van der Waals surface area contributed by atoms with Gasteiger partial charge in [0.1, 0.15) is 0 Å². The molecule has 160 valence electrons. The van der Waals surface area contributed by atoms with E-state index in [2.05, 4.69) is 16.3 Å². The number of nitrogens with one attached hydrogen (secondary N) is 1. The van der Waals surface area contributed by atoms with Crippen molar-refractivity contribution in [3.8, 4) is 0 Å². The maximum Gasteiger partial charge on any atom is 0.255 e. The van der Waals surface area contributed by atoms with E-state index in [0.717, 1.165) is 50.0 Å². The SMILES string of the molecule is CN(C(=O)c1ccccc1N1CCC(NC(=O)C(C)(C)C)CC1)C1CCCCC1. The monoisotopic (exact) mass is 399 g/mol. The van der Waals surface area contributed by atoms with Crippen molar-refractivity contribution in [3.05, 3.63) is 29.8 Å². The van der Waals surface area contributed by atoms with Gasteiger partial charge in [0.2, 0.25) is 5.91 Å². The smallest absolute Gasteiger partial charge is 0.255 e. The van der Waals surface area contributed by atoms with Gasteiger partial charge >= 0.3 is 0 Å².